The van der Waals surface area contributed by atoms with E-state index in [1.165, 1.54) is 6.20 Å². The van der Waals surface area contributed by atoms with Gasteiger partial charge in [-0.1, -0.05) is 6.07 Å². The van der Waals surface area contributed by atoms with Crippen LogP contribution in [0.2, 0.25) is 0 Å². The van der Waals surface area contributed by atoms with E-state index in [4.69, 9.17) is 5.11 Å². The second-order valence-corrected chi connectivity index (χ2v) is 3.59. The van der Waals surface area contributed by atoms with Crippen LogP contribution >= 0.6 is 0 Å². The molecule has 0 aliphatic carbocycles. The van der Waals surface area contributed by atoms with Crippen LogP contribution in [0, 0.1) is 0 Å². The highest BCUT2D eigenvalue weighted by molar-refractivity contribution is 5.85. The molecule has 3 N–H and O–H groups in total. The van der Waals surface area contributed by atoms with Crippen molar-refractivity contribution < 1.29 is 9.90 Å². The van der Waals surface area contributed by atoms with Gasteiger partial charge in [0.15, 0.2) is 0 Å². The van der Waals surface area contributed by atoms with E-state index in [9.17, 15) is 4.79 Å². The van der Waals surface area contributed by atoms with Crippen molar-refractivity contribution in [2.75, 3.05) is 0 Å². The first-order chi connectivity index (χ1) is 8.24. The van der Waals surface area contributed by atoms with Crippen molar-refractivity contribution in [3.8, 4) is 11.3 Å². The molecule has 2 aromatic heterocycles. The van der Waals surface area contributed by atoms with Gasteiger partial charge in [-0.15, -0.1) is 0 Å². The molecule has 0 radical (unpaired) electrons. The number of nitrogens with one attached hydrogen (secondary N) is 2. The molecule has 6 heteroatoms. The van der Waals surface area contributed by atoms with E-state index in [1.54, 1.807) is 6.33 Å². The van der Waals surface area contributed by atoms with Crippen LogP contribution in [-0.2, 0) is 0 Å². The number of aromatic amines is 2. The van der Waals surface area contributed by atoms with Crippen molar-refractivity contribution in [3.63, 3.8) is 0 Å². The lowest BCUT2D eigenvalue weighted by molar-refractivity contribution is 0.0685. The molecule has 0 spiro atoms. The number of hydrogen-bond donors (Lipinski definition) is 3. The average molecular weight is 228 g/mol. The molecule has 0 unspecified atom stereocenters. The lowest BCUT2D eigenvalue weighted by atomic mass is 10.1. The third kappa shape index (κ3) is 1.55. The zero-order valence-electron chi connectivity index (χ0n) is 8.64. The van der Waals surface area contributed by atoms with E-state index in [0.29, 0.717) is 5.69 Å². The number of carboxylic acids is 1. The molecular weight excluding hydrogens is 220 g/mol. The fraction of sp³-hybridized carbons (Fsp3) is 0. The predicted octanol–water partition coefficient (Wildman–Crippen LogP) is 1.65. The Bertz CT molecular complexity index is 698. The highest BCUT2D eigenvalue weighted by atomic mass is 16.4. The minimum absolute atomic E-state index is 0.0651. The highest BCUT2D eigenvalue weighted by Crippen LogP contribution is 2.21. The van der Waals surface area contributed by atoms with Gasteiger partial charge in [-0.05, 0) is 12.1 Å². The quantitative estimate of drug-likeness (QED) is 0.621. The molecule has 0 amide bonds. The Balaban J connectivity index is 2.09. The third-order valence-electron chi connectivity index (χ3n) is 2.51. The Morgan fingerprint density at radius 1 is 1.29 bits per heavy atom. The molecule has 2 heterocycles. The first-order valence-corrected chi connectivity index (χ1v) is 4.96. The maximum absolute atomic E-state index is 10.7. The van der Waals surface area contributed by atoms with Crippen LogP contribution < -0.4 is 0 Å². The van der Waals surface area contributed by atoms with E-state index in [-0.39, 0.29) is 5.82 Å². The highest BCUT2D eigenvalue weighted by Gasteiger charge is 2.09. The van der Waals surface area contributed by atoms with Crippen LogP contribution in [0.1, 0.15) is 10.6 Å². The van der Waals surface area contributed by atoms with Gasteiger partial charge in [-0.3, -0.25) is 0 Å². The van der Waals surface area contributed by atoms with Crippen LogP contribution in [0.4, 0.5) is 0 Å². The lowest BCUT2D eigenvalue weighted by Gasteiger charge is -1.96. The molecule has 84 valence electrons. The van der Waals surface area contributed by atoms with E-state index >= 15 is 0 Å². The van der Waals surface area contributed by atoms with Gasteiger partial charge in [0.25, 0.3) is 0 Å². The topological polar surface area (TPSA) is 94.7 Å². The second-order valence-electron chi connectivity index (χ2n) is 3.59. The number of H-pyrrole nitrogens is 2. The van der Waals surface area contributed by atoms with Crippen molar-refractivity contribution in [2.45, 2.75) is 0 Å². The number of rotatable bonds is 2. The average Bonchev–Trinajstić information content (AvgIpc) is 2.97. The summed E-state index contributed by atoms with van der Waals surface area (Å²) in [5, 5.41) is 8.77. The van der Waals surface area contributed by atoms with Gasteiger partial charge in [0.1, 0.15) is 0 Å². The molecule has 6 nitrogen and oxygen atoms in total. The number of aromatic carboxylic acids is 1. The molecule has 0 atom stereocenters. The normalized spacial score (nSPS) is 10.8. The number of fused-ring (bicyclic) bond motifs is 1. The van der Waals surface area contributed by atoms with Crippen LogP contribution in [0.15, 0.2) is 30.7 Å². The molecule has 17 heavy (non-hydrogen) atoms. The molecule has 1 aromatic carbocycles. The second kappa shape index (κ2) is 3.44. The number of hydrogen-bond acceptors (Lipinski definition) is 3. The molecule has 0 bridgehead atoms. The number of imidazole rings is 2. The summed E-state index contributed by atoms with van der Waals surface area (Å²) >= 11 is 0. The van der Waals surface area contributed by atoms with Crippen molar-refractivity contribution in [3.05, 3.63) is 36.5 Å². The number of benzene rings is 1. The predicted molar refractivity (Wildman–Crippen MR) is 60.6 cm³/mol. The van der Waals surface area contributed by atoms with E-state index in [2.05, 4.69) is 19.9 Å². The van der Waals surface area contributed by atoms with E-state index in [1.807, 2.05) is 18.2 Å². The Labute approximate surface area is 95.3 Å². The molecule has 0 saturated carbocycles. The lowest BCUT2D eigenvalue weighted by Crippen LogP contribution is -1.98. The molecule has 0 fully saturated rings. The number of aromatic nitrogens is 4. The van der Waals surface area contributed by atoms with E-state index < -0.39 is 5.97 Å². The number of nitrogens with zero attached hydrogens (tertiary/aromatic N) is 2. The van der Waals surface area contributed by atoms with Gasteiger partial charge in [0, 0.05) is 5.56 Å². The molecule has 0 aliphatic rings. The van der Waals surface area contributed by atoms with Crippen LogP contribution in [0.3, 0.4) is 0 Å². The van der Waals surface area contributed by atoms with Crippen LogP contribution in [0.25, 0.3) is 22.3 Å². The first-order valence-electron chi connectivity index (χ1n) is 4.96. The van der Waals surface area contributed by atoms with Gasteiger partial charge < -0.3 is 15.1 Å². The molecule has 3 aromatic rings. The van der Waals surface area contributed by atoms with Crippen molar-refractivity contribution in [2.24, 2.45) is 0 Å². The summed E-state index contributed by atoms with van der Waals surface area (Å²) in [5.41, 5.74) is 3.29. The third-order valence-corrected chi connectivity index (χ3v) is 2.51. The Hall–Kier alpha value is -2.63. The number of carbonyl (C=O) groups is 1. The summed E-state index contributed by atoms with van der Waals surface area (Å²) in [6.07, 6.45) is 3.12. The summed E-state index contributed by atoms with van der Waals surface area (Å²) in [6, 6.07) is 5.62. The Kier molecular flexibility index (Phi) is 1.94. The minimum Gasteiger partial charge on any atom is -0.475 e. The zero-order chi connectivity index (χ0) is 11.8. The summed E-state index contributed by atoms with van der Waals surface area (Å²) in [6.45, 7) is 0. The van der Waals surface area contributed by atoms with Crippen molar-refractivity contribution in [1.29, 1.82) is 0 Å². The summed E-state index contributed by atoms with van der Waals surface area (Å²) in [7, 11) is 0. The van der Waals surface area contributed by atoms with Gasteiger partial charge in [0.2, 0.25) is 5.82 Å². The van der Waals surface area contributed by atoms with Crippen molar-refractivity contribution in [1.82, 2.24) is 19.9 Å². The molecule has 0 aliphatic heterocycles. The Morgan fingerprint density at radius 3 is 2.94 bits per heavy atom. The largest absolute Gasteiger partial charge is 0.475 e. The summed E-state index contributed by atoms with van der Waals surface area (Å²) in [5.74, 6) is -1.14. The van der Waals surface area contributed by atoms with Gasteiger partial charge in [0.05, 0.1) is 29.3 Å². The molecule has 3 rings (SSSR count). The summed E-state index contributed by atoms with van der Waals surface area (Å²) in [4.78, 5) is 24.3. The summed E-state index contributed by atoms with van der Waals surface area (Å²) < 4.78 is 0. The number of carboxylic acid groups (broad SMARTS) is 1. The fourth-order valence-electron chi connectivity index (χ4n) is 1.68. The monoisotopic (exact) mass is 228 g/mol. The fourth-order valence-corrected chi connectivity index (χ4v) is 1.68. The standard InChI is InChI=1S/C11H8N4O2/c16-11(17)10-12-4-9(15-10)6-1-2-7-8(3-6)14-5-13-7/h1-5H,(H,12,15)(H,13,14)(H,16,17). The van der Waals surface area contributed by atoms with Crippen LogP contribution in [0.5, 0.6) is 0 Å². The molecule has 0 saturated heterocycles. The molecular formula is C11H8N4O2. The van der Waals surface area contributed by atoms with Crippen molar-refractivity contribution >= 4 is 17.0 Å². The SMILES string of the molecule is O=C(O)c1ncc(-c2ccc3nc[nH]c3c2)[nH]1. The van der Waals surface area contributed by atoms with Gasteiger partial charge in [-0.25, -0.2) is 14.8 Å². The van der Waals surface area contributed by atoms with E-state index in [0.717, 1.165) is 16.6 Å². The van der Waals surface area contributed by atoms with Crippen LogP contribution in [-0.4, -0.2) is 31.0 Å². The maximum atomic E-state index is 10.7. The van der Waals surface area contributed by atoms with Gasteiger partial charge >= 0.3 is 5.97 Å². The zero-order valence-corrected chi connectivity index (χ0v) is 8.64. The Morgan fingerprint density at radius 2 is 2.18 bits per heavy atom. The smallest absolute Gasteiger partial charge is 0.371 e. The maximum Gasteiger partial charge on any atom is 0.371 e. The first kappa shape index (κ1) is 9.59. The van der Waals surface area contributed by atoms with Gasteiger partial charge in [-0.2, -0.15) is 0 Å². The minimum atomic E-state index is -1.07.